The van der Waals surface area contributed by atoms with E-state index in [1.165, 1.54) is 20.8 Å². The molecule has 30 atom stereocenters. The summed E-state index contributed by atoms with van der Waals surface area (Å²) < 4.78 is 136. The van der Waals surface area contributed by atoms with E-state index in [-0.39, 0.29) is 38.8 Å². The standard InChI is InChI=1S/C83H108N10O28/c1-15-60-66(117-81-75(112-54(13)98)73(105-38-58-32-24-18-25-33-58)71(49(8)109-81)121-79-65(89-92-86)46(5)68(62(116-79)41-102-52(11)96)118-80-74(111-53(12)97)69(43(2)47(6)108-80)103-36-56-28-20-16-21-29-56)45(4)64(88-91-85)78(114-60)120-70-48(7)110-82(76(113-55(14)99)72(70)104-37-57-30-22-17-23-31-57)119-67-44(3)63(87-90-84)77(115-61(67)40-101-51(10)95)107-42-93(50(9)94)83(100)106-39-59-34-26-19-27-35-59/h16-35,43-49,60-82H,15,36-42H2,1-14H3/t43-,44-,45?,46-,47?,48?,49+,60?,61?,62?,63?,64?,65?,66+,67+,68+,69?,70-,71-,72?,73?,74+,75?,76+,77-,78-,79-,80+,81+,82+/m1/s1. The molecular formula is C83H108N10O28. The van der Waals surface area contributed by atoms with Crippen LogP contribution in [0.3, 0.4) is 0 Å². The molecule has 0 N–H and O–H groups in total. The maximum Gasteiger partial charge on any atom is 0.418 e. The van der Waals surface area contributed by atoms with E-state index in [0.29, 0.717) is 21.6 Å². The van der Waals surface area contributed by atoms with Gasteiger partial charge >= 0.3 is 35.9 Å². The maximum absolute atomic E-state index is 13.7. The summed E-state index contributed by atoms with van der Waals surface area (Å²) in [5, 5.41) is 12.5. The Hall–Kier alpha value is -9.50. The summed E-state index contributed by atoms with van der Waals surface area (Å²) in [6.07, 6.45) is -29.7. The van der Waals surface area contributed by atoms with Crippen molar-refractivity contribution in [1.29, 1.82) is 0 Å². The fourth-order valence-corrected chi connectivity index (χ4v) is 15.6. The van der Waals surface area contributed by atoms with Gasteiger partial charge in [-0.25, -0.2) is 9.69 Å². The Morgan fingerprint density at radius 2 is 0.669 bits per heavy atom. The molecule has 4 aromatic rings. The summed E-state index contributed by atoms with van der Waals surface area (Å²) in [6.45, 7) is 19.1. The molecule has 2 amide bonds. The molecule has 6 saturated heterocycles. The van der Waals surface area contributed by atoms with Crippen LogP contribution in [-0.2, 0) is 155 Å². The third-order valence-electron chi connectivity index (χ3n) is 21.9. The SMILES string of the molecule is CCC1O[C@H](O[C@@H]2C(C)O[C@@H](O[C@@H]3C(COC(C)=O)O[C@@H](OCN(C(C)=O)C(=O)OCc4ccccc4)C(N=[N+]=[N-])[C@H]3C)[C@@H](OC(C)=O)C2OCc2ccccc2)C(N=[N+]=[N-])C(C)[C@@H]1O[C@@H]1O[C@@H](C)[C@@H](O[C@H]2OC(COC(C)=O)[C@@H](O[C@@H]3OC(C)[C@@H](C)C(OCc4ccccc4)[C@@H]3OC(C)=O)[C@H](C)C2N=[N+]=[N-])C(OCc2ccccc2)C1OC(C)=O. The van der Waals surface area contributed by atoms with E-state index in [4.69, 9.17) is 99.5 Å². The van der Waals surface area contributed by atoms with Gasteiger partial charge in [-0.15, -0.1) is 0 Å². The Morgan fingerprint density at radius 3 is 1.02 bits per heavy atom. The average Bonchev–Trinajstić information content (AvgIpc) is 0.760. The van der Waals surface area contributed by atoms with E-state index in [9.17, 15) is 50.2 Å². The van der Waals surface area contributed by atoms with E-state index in [1.807, 2.05) is 87.5 Å². The number of hydrogen-bond acceptors (Lipinski definition) is 31. The lowest BCUT2D eigenvalue weighted by Crippen LogP contribution is -2.66. The lowest BCUT2D eigenvalue weighted by Gasteiger charge is -2.52. The molecule has 38 nitrogen and oxygen atoms in total. The van der Waals surface area contributed by atoms with E-state index >= 15 is 0 Å². The molecule has 38 heteroatoms. The van der Waals surface area contributed by atoms with Crippen molar-refractivity contribution in [1.82, 2.24) is 4.90 Å². The fourth-order valence-electron chi connectivity index (χ4n) is 15.6. The third-order valence-corrected chi connectivity index (χ3v) is 21.9. The topological polar surface area (TPSA) is 463 Å². The van der Waals surface area contributed by atoms with Crippen molar-refractivity contribution < 1.29 is 133 Å². The number of imide groups is 1. The molecule has 13 unspecified atom stereocenters. The Balaban J connectivity index is 0.914. The number of azide groups is 3. The molecule has 0 aliphatic carbocycles. The number of benzene rings is 4. The first kappa shape index (κ1) is 93.8. The largest absolute Gasteiger partial charge is 0.463 e. The van der Waals surface area contributed by atoms with Gasteiger partial charge in [0.25, 0.3) is 0 Å². The van der Waals surface area contributed by atoms with Crippen LogP contribution in [0, 0.1) is 23.7 Å². The Morgan fingerprint density at radius 1 is 0.347 bits per heavy atom. The van der Waals surface area contributed by atoms with Crippen molar-refractivity contribution in [3.05, 3.63) is 175 Å². The van der Waals surface area contributed by atoms with Crippen molar-refractivity contribution in [2.75, 3.05) is 19.9 Å². The van der Waals surface area contributed by atoms with Crippen LogP contribution >= 0.6 is 0 Å². The number of carbonyl (C=O) groups is 7. The van der Waals surface area contributed by atoms with Crippen LogP contribution in [0.15, 0.2) is 137 Å². The molecule has 0 aromatic heterocycles. The Kier molecular flexibility index (Phi) is 34.9. The predicted octanol–water partition coefficient (Wildman–Crippen LogP) is 11.1. The molecule has 0 radical (unpaired) electrons. The van der Waals surface area contributed by atoms with Gasteiger partial charge in [-0.05, 0) is 83.8 Å². The summed E-state index contributed by atoms with van der Waals surface area (Å²) in [7, 11) is 0. The van der Waals surface area contributed by atoms with Crippen LogP contribution in [-0.4, -0.2) is 226 Å². The minimum atomic E-state index is -1.59. The van der Waals surface area contributed by atoms with Crippen LogP contribution in [0.1, 0.15) is 126 Å². The molecule has 10 rings (SSSR count). The second kappa shape index (κ2) is 45.0. The number of esters is 5. The zero-order chi connectivity index (χ0) is 87.1. The van der Waals surface area contributed by atoms with Gasteiger partial charge < -0.3 is 99.5 Å². The van der Waals surface area contributed by atoms with E-state index in [0.717, 1.165) is 26.3 Å². The molecule has 658 valence electrons. The van der Waals surface area contributed by atoms with Crippen molar-refractivity contribution in [2.24, 2.45) is 39.0 Å². The summed E-state index contributed by atoms with van der Waals surface area (Å²) in [6, 6.07) is 32.4. The number of hydrogen-bond donors (Lipinski definition) is 0. The molecule has 6 aliphatic heterocycles. The van der Waals surface area contributed by atoms with Crippen molar-refractivity contribution in [3.63, 3.8) is 0 Å². The van der Waals surface area contributed by atoms with Gasteiger partial charge in [0.1, 0.15) is 69.3 Å². The molecule has 4 aromatic carbocycles. The van der Waals surface area contributed by atoms with Crippen LogP contribution < -0.4 is 0 Å². The highest BCUT2D eigenvalue weighted by molar-refractivity contribution is 5.90. The zero-order valence-corrected chi connectivity index (χ0v) is 69.9. The lowest BCUT2D eigenvalue weighted by molar-refractivity contribution is -0.378. The minimum absolute atomic E-state index is 0.101. The summed E-state index contributed by atoms with van der Waals surface area (Å²) in [4.78, 5) is 102. The minimum Gasteiger partial charge on any atom is -0.463 e. The number of amides is 2. The van der Waals surface area contributed by atoms with Gasteiger partial charge in [-0.2, -0.15) is 0 Å². The third kappa shape index (κ3) is 24.9. The molecule has 6 fully saturated rings. The number of rotatable bonds is 35. The van der Waals surface area contributed by atoms with E-state index in [1.54, 1.807) is 89.2 Å². The van der Waals surface area contributed by atoms with E-state index in [2.05, 4.69) is 30.1 Å². The number of nitrogens with zero attached hydrogens (tertiary/aromatic N) is 10. The maximum atomic E-state index is 13.7. The van der Waals surface area contributed by atoms with E-state index < -0.39 is 239 Å². The molecule has 0 bridgehead atoms. The second-order valence-corrected chi connectivity index (χ2v) is 30.6. The van der Waals surface area contributed by atoms with Crippen molar-refractivity contribution in [2.45, 2.75) is 289 Å². The van der Waals surface area contributed by atoms with Gasteiger partial charge in [0, 0.05) is 62.2 Å². The smallest absolute Gasteiger partial charge is 0.418 e. The Labute approximate surface area is 700 Å². The predicted molar refractivity (Wildman–Crippen MR) is 419 cm³/mol. The molecule has 0 spiro atoms. The molecular weight excluding hydrogens is 1580 g/mol. The summed E-state index contributed by atoms with van der Waals surface area (Å²) in [5.74, 6) is -7.43. The monoisotopic (exact) mass is 1690 g/mol. The zero-order valence-electron chi connectivity index (χ0n) is 69.9. The molecule has 6 aliphatic rings. The second-order valence-electron chi connectivity index (χ2n) is 30.6. The van der Waals surface area contributed by atoms with Gasteiger partial charge in [0.2, 0.25) is 5.91 Å². The first-order chi connectivity index (χ1) is 58.1. The fraction of sp³-hybridized carbons (Fsp3) is 0.627. The highest BCUT2D eigenvalue weighted by atomic mass is 16.8. The normalized spacial score (nSPS) is 34.0. The lowest BCUT2D eigenvalue weighted by atomic mass is 9.87. The molecule has 6 heterocycles. The van der Waals surface area contributed by atoms with Gasteiger partial charge in [0.05, 0.1) is 80.7 Å². The highest BCUT2D eigenvalue weighted by Gasteiger charge is 2.59. The van der Waals surface area contributed by atoms with Crippen molar-refractivity contribution in [3.8, 4) is 0 Å². The summed E-state index contributed by atoms with van der Waals surface area (Å²) >= 11 is 0. The van der Waals surface area contributed by atoms with Gasteiger partial charge in [-0.3, -0.25) is 28.8 Å². The van der Waals surface area contributed by atoms with Crippen LogP contribution in [0.2, 0.25) is 0 Å². The van der Waals surface area contributed by atoms with Crippen LogP contribution in [0.25, 0.3) is 31.3 Å². The van der Waals surface area contributed by atoms with Crippen molar-refractivity contribution >= 4 is 41.8 Å². The highest BCUT2D eigenvalue weighted by Crippen LogP contribution is 2.44. The first-order valence-electron chi connectivity index (χ1n) is 40.3. The van der Waals surface area contributed by atoms with Crippen LogP contribution in [0.5, 0.6) is 0 Å². The number of ether oxygens (including phenoxy) is 21. The summed E-state index contributed by atoms with van der Waals surface area (Å²) in [5.41, 5.74) is 33.8. The number of carbonyl (C=O) groups excluding carboxylic acids is 7. The first-order valence-corrected chi connectivity index (χ1v) is 40.3. The molecule has 0 saturated carbocycles. The van der Waals surface area contributed by atoms with Crippen LogP contribution in [0.4, 0.5) is 4.79 Å². The average molecular weight is 1690 g/mol. The Bertz CT molecular complexity index is 4200. The molecule has 121 heavy (non-hydrogen) atoms. The van der Waals surface area contributed by atoms with Gasteiger partial charge in [-0.1, -0.05) is 171 Å². The van der Waals surface area contributed by atoms with Gasteiger partial charge in [0.15, 0.2) is 56.1 Å². The quantitative estimate of drug-likeness (QED) is 0.0103.